The number of aryl methyl sites for hydroxylation is 2. The SMILES string of the molecule is CCc1cc(C)c(C(=O)NC(CO)c2ccccc2)o1. The number of aliphatic hydroxyl groups is 1. The monoisotopic (exact) mass is 273 g/mol. The van der Waals surface area contributed by atoms with E-state index in [9.17, 15) is 9.90 Å². The average Bonchev–Trinajstić information content (AvgIpc) is 2.86. The molecule has 4 nitrogen and oxygen atoms in total. The first-order valence-corrected chi connectivity index (χ1v) is 6.71. The molecule has 2 N–H and O–H groups in total. The second-order valence-electron chi connectivity index (χ2n) is 4.70. The Morgan fingerprint density at radius 2 is 2.05 bits per heavy atom. The predicted molar refractivity (Wildman–Crippen MR) is 76.6 cm³/mol. The summed E-state index contributed by atoms with van der Waals surface area (Å²) in [7, 11) is 0. The van der Waals surface area contributed by atoms with E-state index in [4.69, 9.17) is 4.42 Å². The molecule has 0 aliphatic rings. The van der Waals surface area contributed by atoms with Crippen LogP contribution in [0, 0.1) is 6.92 Å². The molecule has 0 saturated carbocycles. The van der Waals surface area contributed by atoms with E-state index >= 15 is 0 Å². The third kappa shape index (κ3) is 3.08. The van der Waals surface area contributed by atoms with Crippen LogP contribution in [0.4, 0.5) is 0 Å². The highest BCUT2D eigenvalue weighted by Crippen LogP contribution is 2.17. The molecular weight excluding hydrogens is 254 g/mol. The summed E-state index contributed by atoms with van der Waals surface area (Å²) in [4.78, 5) is 12.2. The zero-order chi connectivity index (χ0) is 14.5. The number of aliphatic hydroxyl groups excluding tert-OH is 1. The molecule has 106 valence electrons. The first-order valence-electron chi connectivity index (χ1n) is 6.71. The normalized spacial score (nSPS) is 12.2. The molecular formula is C16H19NO3. The molecule has 0 fully saturated rings. The number of hydrogen-bond acceptors (Lipinski definition) is 3. The lowest BCUT2D eigenvalue weighted by molar-refractivity contribution is 0.0885. The fourth-order valence-corrected chi connectivity index (χ4v) is 2.09. The Morgan fingerprint density at radius 3 is 2.60 bits per heavy atom. The zero-order valence-electron chi connectivity index (χ0n) is 11.7. The van der Waals surface area contributed by atoms with Gasteiger partial charge < -0.3 is 14.8 Å². The van der Waals surface area contributed by atoms with E-state index < -0.39 is 6.04 Å². The molecule has 0 aliphatic carbocycles. The molecule has 1 unspecified atom stereocenters. The summed E-state index contributed by atoms with van der Waals surface area (Å²) in [6, 6.07) is 10.8. The maximum atomic E-state index is 12.2. The third-order valence-corrected chi connectivity index (χ3v) is 3.21. The van der Waals surface area contributed by atoms with Crippen LogP contribution >= 0.6 is 0 Å². The smallest absolute Gasteiger partial charge is 0.287 e. The summed E-state index contributed by atoms with van der Waals surface area (Å²) in [6.45, 7) is 3.66. The predicted octanol–water partition coefficient (Wildman–Crippen LogP) is 2.61. The van der Waals surface area contributed by atoms with E-state index in [0.29, 0.717) is 5.76 Å². The Hall–Kier alpha value is -2.07. The van der Waals surface area contributed by atoms with E-state index in [1.807, 2.05) is 50.2 Å². The molecule has 0 radical (unpaired) electrons. The summed E-state index contributed by atoms with van der Waals surface area (Å²) >= 11 is 0. The molecule has 2 aromatic rings. The van der Waals surface area contributed by atoms with Gasteiger partial charge >= 0.3 is 0 Å². The van der Waals surface area contributed by atoms with E-state index in [1.165, 1.54) is 0 Å². The van der Waals surface area contributed by atoms with Gasteiger partial charge in [0.2, 0.25) is 0 Å². The fourth-order valence-electron chi connectivity index (χ4n) is 2.09. The minimum atomic E-state index is -0.432. The molecule has 1 aromatic heterocycles. The van der Waals surface area contributed by atoms with Crippen LogP contribution in [0.5, 0.6) is 0 Å². The minimum Gasteiger partial charge on any atom is -0.456 e. The maximum Gasteiger partial charge on any atom is 0.287 e. The molecule has 20 heavy (non-hydrogen) atoms. The van der Waals surface area contributed by atoms with Crippen LogP contribution in [-0.4, -0.2) is 17.6 Å². The van der Waals surface area contributed by atoms with Crippen molar-refractivity contribution >= 4 is 5.91 Å². The number of nitrogens with one attached hydrogen (secondary N) is 1. The fraction of sp³-hybridized carbons (Fsp3) is 0.312. The Labute approximate surface area is 118 Å². The van der Waals surface area contributed by atoms with Crippen molar-refractivity contribution in [1.29, 1.82) is 0 Å². The van der Waals surface area contributed by atoms with Gasteiger partial charge in [0.15, 0.2) is 5.76 Å². The summed E-state index contributed by atoms with van der Waals surface area (Å²) in [5.41, 5.74) is 1.67. The number of amides is 1. The minimum absolute atomic E-state index is 0.157. The highest BCUT2D eigenvalue weighted by Gasteiger charge is 2.19. The lowest BCUT2D eigenvalue weighted by Crippen LogP contribution is -2.30. The van der Waals surface area contributed by atoms with E-state index in [2.05, 4.69) is 5.32 Å². The van der Waals surface area contributed by atoms with Crippen molar-refractivity contribution in [2.75, 3.05) is 6.61 Å². The van der Waals surface area contributed by atoms with E-state index in [0.717, 1.165) is 23.3 Å². The molecule has 0 bridgehead atoms. The molecule has 4 heteroatoms. The average molecular weight is 273 g/mol. The highest BCUT2D eigenvalue weighted by atomic mass is 16.4. The Bertz CT molecular complexity index is 575. The van der Waals surface area contributed by atoms with Gasteiger partial charge in [-0.2, -0.15) is 0 Å². The maximum absolute atomic E-state index is 12.2. The summed E-state index contributed by atoms with van der Waals surface area (Å²) in [5.74, 6) is 0.800. The number of hydrogen-bond donors (Lipinski definition) is 2. The van der Waals surface area contributed by atoms with E-state index in [-0.39, 0.29) is 12.5 Å². The molecule has 1 heterocycles. The third-order valence-electron chi connectivity index (χ3n) is 3.21. The largest absolute Gasteiger partial charge is 0.456 e. The van der Waals surface area contributed by atoms with Crippen molar-refractivity contribution in [3.05, 3.63) is 59.0 Å². The molecule has 1 amide bonds. The van der Waals surface area contributed by atoms with Gasteiger partial charge in [-0.25, -0.2) is 0 Å². The van der Waals surface area contributed by atoms with Gasteiger partial charge in [-0.15, -0.1) is 0 Å². The van der Waals surface area contributed by atoms with Crippen LogP contribution in [-0.2, 0) is 6.42 Å². The van der Waals surface area contributed by atoms with Gasteiger partial charge in [0.05, 0.1) is 12.6 Å². The van der Waals surface area contributed by atoms with Crippen molar-refractivity contribution < 1.29 is 14.3 Å². The van der Waals surface area contributed by atoms with Crippen molar-refractivity contribution in [2.24, 2.45) is 0 Å². The van der Waals surface area contributed by atoms with Crippen molar-refractivity contribution in [1.82, 2.24) is 5.32 Å². The molecule has 1 aromatic carbocycles. The second-order valence-corrected chi connectivity index (χ2v) is 4.70. The Kier molecular flexibility index (Phi) is 4.58. The van der Waals surface area contributed by atoms with Crippen molar-refractivity contribution in [3.8, 4) is 0 Å². The second kappa shape index (κ2) is 6.39. The van der Waals surface area contributed by atoms with Gasteiger partial charge in [0.25, 0.3) is 5.91 Å². The van der Waals surface area contributed by atoms with Gasteiger partial charge in [-0.1, -0.05) is 37.3 Å². The first-order chi connectivity index (χ1) is 9.65. The Balaban J connectivity index is 2.15. The van der Waals surface area contributed by atoms with Gasteiger partial charge in [0.1, 0.15) is 5.76 Å². The van der Waals surface area contributed by atoms with Crippen LogP contribution in [0.2, 0.25) is 0 Å². The lowest BCUT2D eigenvalue weighted by Gasteiger charge is -2.16. The number of benzene rings is 1. The van der Waals surface area contributed by atoms with Crippen LogP contribution in [0.25, 0.3) is 0 Å². The topological polar surface area (TPSA) is 62.5 Å². The lowest BCUT2D eigenvalue weighted by atomic mass is 10.1. The van der Waals surface area contributed by atoms with Gasteiger partial charge in [0, 0.05) is 12.0 Å². The van der Waals surface area contributed by atoms with Crippen LogP contribution < -0.4 is 5.32 Å². The van der Waals surface area contributed by atoms with Gasteiger partial charge in [-0.05, 0) is 18.6 Å². The number of furan rings is 1. The van der Waals surface area contributed by atoms with Gasteiger partial charge in [-0.3, -0.25) is 4.79 Å². The summed E-state index contributed by atoms with van der Waals surface area (Å²) in [6.07, 6.45) is 0.746. The molecule has 2 rings (SSSR count). The highest BCUT2D eigenvalue weighted by molar-refractivity contribution is 5.93. The van der Waals surface area contributed by atoms with Crippen LogP contribution in [0.15, 0.2) is 40.8 Å². The van der Waals surface area contributed by atoms with Crippen LogP contribution in [0.3, 0.4) is 0 Å². The van der Waals surface area contributed by atoms with Crippen molar-refractivity contribution in [2.45, 2.75) is 26.3 Å². The zero-order valence-corrected chi connectivity index (χ0v) is 11.7. The molecule has 0 aliphatic heterocycles. The van der Waals surface area contributed by atoms with Crippen LogP contribution in [0.1, 0.15) is 40.4 Å². The Morgan fingerprint density at radius 1 is 1.35 bits per heavy atom. The summed E-state index contributed by atoms with van der Waals surface area (Å²) in [5, 5.41) is 12.2. The molecule has 0 spiro atoms. The number of rotatable bonds is 5. The summed E-state index contributed by atoms with van der Waals surface area (Å²) < 4.78 is 5.51. The van der Waals surface area contributed by atoms with E-state index in [1.54, 1.807) is 0 Å². The molecule has 0 saturated heterocycles. The molecule has 1 atom stereocenters. The first kappa shape index (κ1) is 14.3. The quantitative estimate of drug-likeness (QED) is 0.880. The van der Waals surface area contributed by atoms with Crippen molar-refractivity contribution in [3.63, 3.8) is 0 Å². The standard InChI is InChI=1S/C16H19NO3/c1-3-13-9-11(2)15(20-13)16(19)17-14(10-18)12-7-5-4-6-8-12/h4-9,14,18H,3,10H2,1-2H3,(H,17,19). The number of carbonyl (C=O) groups excluding carboxylic acids is 1. The number of carbonyl (C=O) groups is 1.